The lowest BCUT2D eigenvalue weighted by Crippen LogP contribution is -2.36. The highest BCUT2D eigenvalue weighted by Crippen LogP contribution is 2.28. The first-order chi connectivity index (χ1) is 7.79. The number of hydrogen-bond acceptors (Lipinski definition) is 3. The van der Waals surface area contributed by atoms with Crippen molar-refractivity contribution in [3.05, 3.63) is 16.9 Å². The molecule has 2 atom stereocenters. The van der Waals surface area contributed by atoms with Gasteiger partial charge in [0.1, 0.15) is 0 Å². The topological polar surface area (TPSA) is 50.1 Å². The number of nitrogens with one attached hydrogen (secondary N) is 1. The number of hydrogen-bond donors (Lipinski definition) is 2. The van der Waals surface area contributed by atoms with Crippen LogP contribution < -0.4 is 5.32 Å². The monoisotopic (exact) mass is 287 g/mol. The molecule has 4 nitrogen and oxygen atoms in total. The van der Waals surface area contributed by atoms with Crippen molar-refractivity contribution >= 4 is 15.9 Å². The fourth-order valence-corrected chi connectivity index (χ4v) is 2.67. The molecule has 0 amide bonds. The third-order valence-corrected chi connectivity index (χ3v) is 3.54. The molecular formula is C11H18BrN3O. The Labute approximate surface area is 104 Å². The molecule has 5 heteroatoms. The molecule has 2 rings (SSSR count). The van der Waals surface area contributed by atoms with Gasteiger partial charge in [0.05, 0.1) is 23.3 Å². The zero-order chi connectivity index (χ0) is 11.4. The van der Waals surface area contributed by atoms with Crippen molar-refractivity contribution in [2.45, 2.75) is 37.8 Å². The average Bonchev–Trinajstić information content (AvgIpc) is 2.74. The van der Waals surface area contributed by atoms with Crippen molar-refractivity contribution in [2.24, 2.45) is 0 Å². The van der Waals surface area contributed by atoms with Gasteiger partial charge in [-0.15, -0.1) is 0 Å². The first kappa shape index (κ1) is 12.1. The van der Waals surface area contributed by atoms with Crippen LogP contribution in [0.15, 0.2) is 16.9 Å². The van der Waals surface area contributed by atoms with E-state index in [0.29, 0.717) is 18.6 Å². The Morgan fingerprint density at radius 1 is 1.56 bits per heavy atom. The Balaban J connectivity index is 1.91. The molecule has 0 saturated heterocycles. The van der Waals surface area contributed by atoms with Gasteiger partial charge >= 0.3 is 0 Å². The van der Waals surface area contributed by atoms with Crippen LogP contribution in [0, 0.1) is 0 Å². The van der Waals surface area contributed by atoms with Crippen molar-refractivity contribution in [3.8, 4) is 0 Å². The summed E-state index contributed by atoms with van der Waals surface area (Å²) in [5.41, 5.74) is 0. The van der Waals surface area contributed by atoms with Crippen LogP contribution in [0.4, 0.5) is 0 Å². The summed E-state index contributed by atoms with van der Waals surface area (Å²) in [5, 5.41) is 16.5. The second kappa shape index (κ2) is 5.80. The molecule has 16 heavy (non-hydrogen) atoms. The van der Waals surface area contributed by atoms with Crippen molar-refractivity contribution in [1.82, 2.24) is 15.1 Å². The van der Waals surface area contributed by atoms with Gasteiger partial charge in [0, 0.05) is 18.8 Å². The van der Waals surface area contributed by atoms with E-state index >= 15 is 0 Å². The maximum Gasteiger partial charge on any atom is 0.0632 e. The summed E-state index contributed by atoms with van der Waals surface area (Å²) in [6, 6.07) is 1.02. The summed E-state index contributed by atoms with van der Waals surface area (Å²) < 4.78 is 3.09. The second-order valence-electron chi connectivity index (χ2n) is 4.33. The Kier molecular flexibility index (Phi) is 4.37. The van der Waals surface area contributed by atoms with E-state index in [1.54, 1.807) is 0 Å². The SMILES string of the molecule is OCCNC1CCCC(n2cc(Br)cn2)C1. The minimum Gasteiger partial charge on any atom is -0.395 e. The van der Waals surface area contributed by atoms with E-state index in [0.717, 1.165) is 10.9 Å². The number of aliphatic hydroxyl groups is 1. The lowest BCUT2D eigenvalue weighted by Gasteiger charge is -2.29. The van der Waals surface area contributed by atoms with Crippen LogP contribution >= 0.6 is 15.9 Å². The third-order valence-electron chi connectivity index (χ3n) is 3.14. The predicted molar refractivity (Wildman–Crippen MR) is 66.3 cm³/mol. The van der Waals surface area contributed by atoms with E-state index in [1.165, 1.54) is 19.3 Å². The van der Waals surface area contributed by atoms with Gasteiger partial charge < -0.3 is 10.4 Å². The standard InChI is InChI=1S/C11H18BrN3O/c12-9-7-14-15(8-9)11-3-1-2-10(6-11)13-4-5-16/h7-8,10-11,13,16H,1-6H2. The zero-order valence-corrected chi connectivity index (χ0v) is 10.9. The molecule has 0 radical (unpaired) electrons. The van der Waals surface area contributed by atoms with Crippen molar-refractivity contribution in [1.29, 1.82) is 0 Å². The molecule has 0 aromatic carbocycles. The summed E-state index contributed by atoms with van der Waals surface area (Å²) in [6.07, 6.45) is 8.62. The van der Waals surface area contributed by atoms with Crippen LogP contribution in [0.2, 0.25) is 0 Å². The molecule has 0 spiro atoms. The van der Waals surface area contributed by atoms with E-state index < -0.39 is 0 Å². The van der Waals surface area contributed by atoms with Crippen LogP contribution in [0.3, 0.4) is 0 Å². The smallest absolute Gasteiger partial charge is 0.0632 e. The van der Waals surface area contributed by atoms with Gasteiger partial charge in [0.2, 0.25) is 0 Å². The van der Waals surface area contributed by atoms with E-state index in [4.69, 9.17) is 5.11 Å². The number of aromatic nitrogens is 2. The Hall–Kier alpha value is -0.390. The van der Waals surface area contributed by atoms with E-state index in [2.05, 4.69) is 31.0 Å². The minimum atomic E-state index is 0.217. The normalized spacial score (nSPS) is 25.9. The Morgan fingerprint density at radius 2 is 2.44 bits per heavy atom. The molecule has 2 N–H and O–H groups in total. The lowest BCUT2D eigenvalue weighted by molar-refractivity contribution is 0.241. The molecule has 1 saturated carbocycles. The van der Waals surface area contributed by atoms with Crippen LogP contribution in [-0.2, 0) is 0 Å². The van der Waals surface area contributed by atoms with Gasteiger partial charge in [-0.05, 0) is 41.6 Å². The van der Waals surface area contributed by atoms with Crippen molar-refractivity contribution in [3.63, 3.8) is 0 Å². The van der Waals surface area contributed by atoms with Crippen LogP contribution in [-0.4, -0.2) is 34.1 Å². The molecule has 1 aliphatic rings. The van der Waals surface area contributed by atoms with E-state index in [-0.39, 0.29) is 6.61 Å². The lowest BCUT2D eigenvalue weighted by atomic mass is 9.91. The number of aliphatic hydroxyl groups excluding tert-OH is 1. The van der Waals surface area contributed by atoms with Gasteiger partial charge in [0.25, 0.3) is 0 Å². The first-order valence-electron chi connectivity index (χ1n) is 5.83. The van der Waals surface area contributed by atoms with Crippen LogP contribution in [0.25, 0.3) is 0 Å². The van der Waals surface area contributed by atoms with Crippen molar-refractivity contribution in [2.75, 3.05) is 13.2 Å². The molecule has 0 aliphatic heterocycles. The molecule has 1 fully saturated rings. The van der Waals surface area contributed by atoms with Crippen LogP contribution in [0.1, 0.15) is 31.7 Å². The summed E-state index contributed by atoms with van der Waals surface area (Å²) >= 11 is 3.42. The molecule has 90 valence electrons. The maximum atomic E-state index is 8.80. The first-order valence-corrected chi connectivity index (χ1v) is 6.63. The zero-order valence-electron chi connectivity index (χ0n) is 9.27. The highest BCUT2D eigenvalue weighted by atomic mass is 79.9. The van der Waals surface area contributed by atoms with E-state index in [9.17, 15) is 0 Å². The van der Waals surface area contributed by atoms with Crippen LogP contribution in [0.5, 0.6) is 0 Å². The predicted octanol–water partition coefficient (Wildman–Crippen LogP) is 1.71. The number of halogens is 1. The summed E-state index contributed by atoms with van der Waals surface area (Å²) in [4.78, 5) is 0. The molecule has 1 aromatic rings. The average molecular weight is 288 g/mol. The maximum absolute atomic E-state index is 8.80. The fraction of sp³-hybridized carbons (Fsp3) is 0.727. The summed E-state index contributed by atoms with van der Waals surface area (Å²) in [6.45, 7) is 0.911. The minimum absolute atomic E-state index is 0.217. The van der Waals surface area contributed by atoms with Gasteiger partial charge in [-0.2, -0.15) is 5.10 Å². The van der Waals surface area contributed by atoms with Gasteiger partial charge in [-0.1, -0.05) is 0 Å². The second-order valence-corrected chi connectivity index (χ2v) is 5.25. The Morgan fingerprint density at radius 3 is 3.12 bits per heavy atom. The summed E-state index contributed by atoms with van der Waals surface area (Å²) in [5.74, 6) is 0. The quantitative estimate of drug-likeness (QED) is 0.887. The van der Waals surface area contributed by atoms with E-state index in [1.807, 2.05) is 12.4 Å². The van der Waals surface area contributed by atoms with Gasteiger partial charge in [-0.3, -0.25) is 4.68 Å². The molecule has 1 aliphatic carbocycles. The summed E-state index contributed by atoms with van der Waals surface area (Å²) in [7, 11) is 0. The highest BCUT2D eigenvalue weighted by Gasteiger charge is 2.23. The molecule has 2 unspecified atom stereocenters. The van der Waals surface area contributed by atoms with Gasteiger partial charge in [-0.25, -0.2) is 0 Å². The largest absolute Gasteiger partial charge is 0.395 e. The number of nitrogens with zero attached hydrogens (tertiary/aromatic N) is 2. The highest BCUT2D eigenvalue weighted by molar-refractivity contribution is 9.10. The number of rotatable bonds is 4. The van der Waals surface area contributed by atoms with Gasteiger partial charge in [0.15, 0.2) is 0 Å². The third kappa shape index (κ3) is 3.06. The molecule has 1 heterocycles. The van der Waals surface area contributed by atoms with Crippen molar-refractivity contribution < 1.29 is 5.11 Å². The fourth-order valence-electron chi connectivity index (χ4n) is 2.37. The Bertz CT molecular complexity index is 329. The molecular weight excluding hydrogens is 270 g/mol. The molecule has 0 bridgehead atoms. The molecule has 1 aromatic heterocycles.